The van der Waals surface area contributed by atoms with E-state index in [1.807, 2.05) is 12.1 Å². The SMILES string of the molecule is O=C(O)C(F)(F)F.O=C1CCC(N2Cc3cc(-c4cn[nH]c4)ccc3C2=O)C(=O)N1. The molecule has 1 atom stereocenters. The molecular formula is C18H15F3N4O5. The molecule has 1 fully saturated rings. The van der Waals surface area contributed by atoms with E-state index in [0.29, 0.717) is 18.5 Å². The zero-order valence-electron chi connectivity index (χ0n) is 15.2. The molecule has 3 amide bonds. The van der Waals surface area contributed by atoms with Gasteiger partial charge in [0.25, 0.3) is 5.91 Å². The Balaban J connectivity index is 0.000000318. The van der Waals surface area contributed by atoms with Crippen LogP contribution in [0.25, 0.3) is 11.1 Å². The minimum absolute atomic E-state index is 0.159. The van der Waals surface area contributed by atoms with E-state index in [1.165, 1.54) is 0 Å². The number of imide groups is 1. The maximum atomic E-state index is 12.6. The van der Waals surface area contributed by atoms with Crippen molar-refractivity contribution in [2.75, 3.05) is 0 Å². The van der Waals surface area contributed by atoms with Crippen LogP contribution in [0.2, 0.25) is 0 Å². The molecule has 3 heterocycles. The van der Waals surface area contributed by atoms with E-state index < -0.39 is 24.1 Å². The summed E-state index contributed by atoms with van der Waals surface area (Å²) < 4.78 is 31.7. The molecule has 1 unspecified atom stereocenters. The summed E-state index contributed by atoms with van der Waals surface area (Å²) in [6.45, 7) is 0.381. The second kappa shape index (κ2) is 7.97. The van der Waals surface area contributed by atoms with Crippen molar-refractivity contribution in [1.29, 1.82) is 0 Å². The summed E-state index contributed by atoms with van der Waals surface area (Å²) in [5.74, 6) is -3.59. The summed E-state index contributed by atoms with van der Waals surface area (Å²) in [4.78, 5) is 46.3. The summed E-state index contributed by atoms with van der Waals surface area (Å²) in [5, 5.41) is 16.1. The number of aromatic nitrogens is 2. The molecule has 2 aromatic rings. The highest BCUT2D eigenvalue weighted by Gasteiger charge is 2.39. The summed E-state index contributed by atoms with van der Waals surface area (Å²) >= 11 is 0. The molecule has 0 radical (unpaired) electrons. The van der Waals surface area contributed by atoms with Crippen molar-refractivity contribution in [3.63, 3.8) is 0 Å². The van der Waals surface area contributed by atoms with Gasteiger partial charge in [-0.15, -0.1) is 0 Å². The van der Waals surface area contributed by atoms with Crippen LogP contribution in [-0.4, -0.2) is 56.1 Å². The highest BCUT2D eigenvalue weighted by Crippen LogP contribution is 2.30. The Kier molecular flexibility index (Phi) is 5.58. The first-order valence-corrected chi connectivity index (χ1v) is 8.64. The summed E-state index contributed by atoms with van der Waals surface area (Å²) in [6.07, 6.45) is -0.942. The molecule has 1 aromatic heterocycles. The minimum Gasteiger partial charge on any atom is -0.475 e. The molecule has 0 aliphatic carbocycles. The van der Waals surface area contributed by atoms with Gasteiger partial charge in [-0.3, -0.25) is 24.8 Å². The predicted molar refractivity (Wildman–Crippen MR) is 93.8 cm³/mol. The first kappa shape index (κ1) is 21.0. The highest BCUT2D eigenvalue weighted by molar-refractivity contribution is 6.05. The molecule has 3 N–H and O–H groups in total. The molecule has 9 nitrogen and oxygen atoms in total. The number of carbonyl (C=O) groups is 4. The molecule has 30 heavy (non-hydrogen) atoms. The molecule has 0 spiro atoms. The lowest BCUT2D eigenvalue weighted by atomic mass is 10.0. The number of carbonyl (C=O) groups excluding carboxylic acids is 3. The number of aliphatic carboxylic acids is 1. The molecule has 12 heteroatoms. The Morgan fingerprint density at radius 3 is 2.47 bits per heavy atom. The molecule has 1 aromatic carbocycles. The standard InChI is InChI=1S/C16H14N4O3.C2HF3O2/c21-14-4-3-13(15(22)19-14)20-8-10-5-9(11-6-17-18-7-11)1-2-12(10)16(20)23;3-2(4,5)1(6)7/h1-2,5-7,13H,3-4,8H2,(H,17,18)(H,19,21,22);(H,6,7). The third-order valence-electron chi connectivity index (χ3n) is 4.60. The molecule has 2 aliphatic heterocycles. The third-order valence-corrected chi connectivity index (χ3v) is 4.60. The maximum absolute atomic E-state index is 12.6. The lowest BCUT2D eigenvalue weighted by Gasteiger charge is -2.29. The smallest absolute Gasteiger partial charge is 0.475 e. The summed E-state index contributed by atoms with van der Waals surface area (Å²) in [7, 11) is 0. The Bertz CT molecular complexity index is 1000. The van der Waals surface area contributed by atoms with E-state index in [2.05, 4.69) is 15.5 Å². The number of amides is 3. The quantitative estimate of drug-likeness (QED) is 0.626. The fraction of sp³-hybridized carbons (Fsp3) is 0.278. The number of rotatable bonds is 2. The van der Waals surface area contributed by atoms with Crippen molar-refractivity contribution in [2.24, 2.45) is 0 Å². The van der Waals surface area contributed by atoms with Crippen LogP contribution in [0, 0.1) is 0 Å². The number of nitrogens with one attached hydrogen (secondary N) is 2. The molecule has 158 valence electrons. The molecule has 1 saturated heterocycles. The van der Waals surface area contributed by atoms with E-state index >= 15 is 0 Å². The van der Waals surface area contributed by atoms with Gasteiger partial charge in [0.2, 0.25) is 11.8 Å². The van der Waals surface area contributed by atoms with Crippen molar-refractivity contribution in [2.45, 2.75) is 31.6 Å². The number of nitrogens with zero attached hydrogens (tertiary/aromatic N) is 2. The van der Waals surface area contributed by atoms with Gasteiger partial charge in [0.05, 0.1) is 6.20 Å². The molecule has 2 aliphatic rings. The Morgan fingerprint density at radius 1 is 1.20 bits per heavy atom. The van der Waals surface area contributed by atoms with Gasteiger partial charge < -0.3 is 10.0 Å². The third kappa shape index (κ3) is 4.31. The van der Waals surface area contributed by atoms with E-state index in [-0.39, 0.29) is 18.2 Å². The first-order valence-electron chi connectivity index (χ1n) is 8.64. The van der Waals surface area contributed by atoms with Gasteiger partial charge in [-0.05, 0) is 29.7 Å². The van der Waals surface area contributed by atoms with Gasteiger partial charge in [-0.2, -0.15) is 18.3 Å². The zero-order chi connectivity index (χ0) is 22.1. The second-order valence-electron chi connectivity index (χ2n) is 6.56. The van der Waals surface area contributed by atoms with Crippen molar-refractivity contribution in [1.82, 2.24) is 20.4 Å². The highest BCUT2D eigenvalue weighted by atomic mass is 19.4. The summed E-state index contributed by atoms with van der Waals surface area (Å²) in [6, 6.07) is 5.02. The largest absolute Gasteiger partial charge is 0.490 e. The van der Waals surface area contributed by atoms with Crippen LogP contribution in [0.3, 0.4) is 0 Å². The van der Waals surface area contributed by atoms with Gasteiger partial charge in [0.15, 0.2) is 0 Å². The second-order valence-corrected chi connectivity index (χ2v) is 6.56. The number of hydrogen-bond acceptors (Lipinski definition) is 5. The van der Waals surface area contributed by atoms with Crippen LogP contribution >= 0.6 is 0 Å². The van der Waals surface area contributed by atoms with Crippen molar-refractivity contribution >= 4 is 23.7 Å². The van der Waals surface area contributed by atoms with Crippen molar-refractivity contribution in [3.8, 4) is 11.1 Å². The van der Waals surface area contributed by atoms with E-state index in [0.717, 1.165) is 16.7 Å². The van der Waals surface area contributed by atoms with Crippen LogP contribution in [0.15, 0.2) is 30.6 Å². The number of halogens is 3. The van der Waals surface area contributed by atoms with Gasteiger partial charge in [0.1, 0.15) is 6.04 Å². The number of aromatic amines is 1. The van der Waals surface area contributed by atoms with Crippen LogP contribution in [0.5, 0.6) is 0 Å². The minimum atomic E-state index is -5.08. The van der Waals surface area contributed by atoms with E-state index in [1.54, 1.807) is 23.4 Å². The van der Waals surface area contributed by atoms with Crippen LogP contribution in [0.1, 0.15) is 28.8 Å². The number of piperidine rings is 1. The molecule has 0 saturated carbocycles. The Labute approximate surface area is 166 Å². The number of benzene rings is 1. The molecular weight excluding hydrogens is 409 g/mol. The van der Waals surface area contributed by atoms with Crippen molar-refractivity contribution in [3.05, 3.63) is 41.7 Å². The van der Waals surface area contributed by atoms with Crippen molar-refractivity contribution < 1.29 is 37.5 Å². The average molecular weight is 424 g/mol. The fourth-order valence-corrected chi connectivity index (χ4v) is 3.16. The number of carboxylic acid groups (broad SMARTS) is 1. The number of alkyl halides is 3. The monoisotopic (exact) mass is 424 g/mol. The van der Waals surface area contributed by atoms with E-state index in [9.17, 15) is 27.6 Å². The van der Waals surface area contributed by atoms with Gasteiger partial charge in [-0.1, -0.05) is 6.07 Å². The van der Waals surface area contributed by atoms with E-state index in [4.69, 9.17) is 9.90 Å². The predicted octanol–water partition coefficient (Wildman–Crippen LogP) is 1.47. The summed E-state index contributed by atoms with van der Waals surface area (Å²) in [5.41, 5.74) is 3.41. The number of carboxylic acids is 1. The topological polar surface area (TPSA) is 132 Å². The molecule has 0 bridgehead atoms. The van der Waals surface area contributed by atoms with Gasteiger partial charge >= 0.3 is 12.1 Å². The van der Waals surface area contributed by atoms with Crippen LogP contribution in [0.4, 0.5) is 13.2 Å². The lowest BCUT2D eigenvalue weighted by Crippen LogP contribution is -2.52. The maximum Gasteiger partial charge on any atom is 0.490 e. The van der Waals surface area contributed by atoms with Crippen LogP contribution in [-0.2, 0) is 20.9 Å². The number of fused-ring (bicyclic) bond motifs is 1. The Morgan fingerprint density at radius 2 is 1.90 bits per heavy atom. The Hall–Kier alpha value is -3.70. The average Bonchev–Trinajstić information content (AvgIpc) is 3.30. The first-order chi connectivity index (χ1) is 14.1. The molecule has 4 rings (SSSR count). The fourth-order valence-electron chi connectivity index (χ4n) is 3.16. The van der Waals surface area contributed by atoms with Gasteiger partial charge in [-0.25, -0.2) is 4.79 Å². The van der Waals surface area contributed by atoms with Crippen LogP contribution < -0.4 is 5.32 Å². The number of hydrogen-bond donors (Lipinski definition) is 3. The van der Waals surface area contributed by atoms with Gasteiger partial charge in [0, 0.05) is 30.3 Å². The number of H-pyrrole nitrogens is 1. The lowest BCUT2D eigenvalue weighted by molar-refractivity contribution is -0.192. The normalized spacial score (nSPS) is 18.4. The zero-order valence-corrected chi connectivity index (χ0v) is 15.2.